The van der Waals surface area contributed by atoms with Crippen LogP contribution in [0.2, 0.25) is 0 Å². The number of carbonyl (C=O) groups excluding carboxylic acids is 1. The second-order valence-corrected chi connectivity index (χ2v) is 4.37. The molecule has 2 N–H and O–H groups in total. The zero-order valence-corrected chi connectivity index (χ0v) is 10.7. The molecule has 0 aliphatic heterocycles. The van der Waals surface area contributed by atoms with Gasteiger partial charge in [0.05, 0.1) is 12.5 Å². The van der Waals surface area contributed by atoms with Gasteiger partial charge in [0.25, 0.3) is 0 Å². The van der Waals surface area contributed by atoms with Crippen LogP contribution in [0.5, 0.6) is 5.75 Å². The number of ether oxygens (including phenoxy) is 1. The normalized spacial score (nSPS) is 10.8. The summed E-state index contributed by atoms with van der Waals surface area (Å²) >= 11 is 0. The monoisotopic (exact) mass is 237 g/mol. The summed E-state index contributed by atoms with van der Waals surface area (Å²) in [6, 6.07) is 3.62. The first kappa shape index (κ1) is 13.3. The van der Waals surface area contributed by atoms with Crippen molar-refractivity contribution in [1.29, 1.82) is 0 Å². The number of hydrogen-bond acceptors (Lipinski definition) is 4. The van der Waals surface area contributed by atoms with Crippen LogP contribution in [0.25, 0.3) is 0 Å². The summed E-state index contributed by atoms with van der Waals surface area (Å²) in [6.45, 7) is 4.22. The molecule has 0 spiro atoms. The molecule has 1 amide bonds. The van der Waals surface area contributed by atoms with Crippen molar-refractivity contribution in [3.63, 3.8) is 0 Å². The van der Waals surface area contributed by atoms with Gasteiger partial charge in [0.1, 0.15) is 0 Å². The molecule has 1 aromatic rings. The van der Waals surface area contributed by atoms with E-state index in [1.54, 1.807) is 26.4 Å². The average Bonchev–Trinajstić information content (AvgIpc) is 2.35. The van der Waals surface area contributed by atoms with Crippen molar-refractivity contribution in [2.45, 2.75) is 13.8 Å². The van der Waals surface area contributed by atoms with Gasteiger partial charge in [-0.2, -0.15) is 0 Å². The van der Waals surface area contributed by atoms with Crippen LogP contribution in [0.15, 0.2) is 18.3 Å². The maximum absolute atomic E-state index is 11.6. The molecule has 1 heterocycles. The van der Waals surface area contributed by atoms with Crippen LogP contribution in [0, 0.1) is 5.41 Å². The van der Waals surface area contributed by atoms with E-state index < -0.39 is 5.41 Å². The molecule has 1 rings (SSSR count). The highest BCUT2D eigenvalue weighted by Gasteiger charge is 2.26. The SMILES string of the molecule is CNC(=O)C(C)(C)CNc1ncccc1OC. The number of rotatable bonds is 5. The average molecular weight is 237 g/mol. The number of pyridine rings is 1. The maximum atomic E-state index is 11.6. The van der Waals surface area contributed by atoms with E-state index in [0.717, 1.165) is 0 Å². The van der Waals surface area contributed by atoms with Crippen molar-refractivity contribution >= 4 is 11.7 Å². The molecule has 0 saturated carbocycles. The van der Waals surface area contributed by atoms with E-state index in [-0.39, 0.29) is 5.91 Å². The molecule has 0 fully saturated rings. The van der Waals surface area contributed by atoms with E-state index in [9.17, 15) is 4.79 Å². The molecule has 0 aliphatic carbocycles. The zero-order valence-electron chi connectivity index (χ0n) is 10.7. The standard InChI is InChI=1S/C12H19N3O2/c1-12(2,11(16)13-3)8-15-10-9(17-4)6-5-7-14-10/h5-7H,8H2,1-4H3,(H,13,16)(H,14,15). The van der Waals surface area contributed by atoms with Gasteiger partial charge < -0.3 is 15.4 Å². The molecule has 0 bridgehead atoms. The Morgan fingerprint density at radius 1 is 1.53 bits per heavy atom. The lowest BCUT2D eigenvalue weighted by molar-refractivity contribution is -0.128. The van der Waals surface area contributed by atoms with Crippen LogP contribution in [0.4, 0.5) is 5.82 Å². The first-order valence-electron chi connectivity index (χ1n) is 5.46. The number of nitrogens with one attached hydrogen (secondary N) is 2. The topological polar surface area (TPSA) is 63.2 Å². The highest BCUT2D eigenvalue weighted by Crippen LogP contribution is 2.22. The number of aromatic nitrogens is 1. The lowest BCUT2D eigenvalue weighted by atomic mass is 9.92. The fourth-order valence-corrected chi connectivity index (χ4v) is 1.41. The Bertz CT molecular complexity index is 391. The molecule has 0 atom stereocenters. The van der Waals surface area contributed by atoms with Gasteiger partial charge in [0, 0.05) is 19.8 Å². The third-order valence-corrected chi connectivity index (χ3v) is 2.53. The molecular weight excluding hydrogens is 218 g/mol. The molecular formula is C12H19N3O2. The molecule has 0 saturated heterocycles. The van der Waals surface area contributed by atoms with Crippen molar-refractivity contribution in [1.82, 2.24) is 10.3 Å². The number of amides is 1. The largest absolute Gasteiger partial charge is 0.493 e. The number of carbonyl (C=O) groups is 1. The smallest absolute Gasteiger partial charge is 0.227 e. The summed E-state index contributed by atoms with van der Waals surface area (Å²) in [5.41, 5.74) is -0.503. The van der Waals surface area contributed by atoms with Crippen LogP contribution in [-0.2, 0) is 4.79 Å². The Labute approximate surface area is 102 Å². The molecule has 1 aromatic heterocycles. The summed E-state index contributed by atoms with van der Waals surface area (Å²) in [5.74, 6) is 1.30. The first-order chi connectivity index (χ1) is 8.01. The fourth-order valence-electron chi connectivity index (χ4n) is 1.41. The van der Waals surface area contributed by atoms with E-state index >= 15 is 0 Å². The number of methoxy groups -OCH3 is 1. The predicted octanol–water partition coefficient (Wildman–Crippen LogP) is 1.27. The summed E-state index contributed by atoms with van der Waals surface area (Å²) < 4.78 is 5.17. The minimum Gasteiger partial charge on any atom is -0.493 e. The summed E-state index contributed by atoms with van der Waals surface area (Å²) in [4.78, 5) is 15.8. The molecule has 94 valence electrons. The van der Waals surface area contributed by atoms with Crippen molar-refractivity contribution in [2.24, 2.45) is 5.41 Å². The minimum absolute atomic E-state index is 0.0140. The number of nitrogens with zero attached hydrogens (tertiary/aromatic N) is 1. The molecule has 17 heavy (non-hydrogen) atoms. The van der Waals surface area contributed by atoms with E-state index in [4.69, 9.17) is 4.74 Å². The van der Waals surface area contributed by atoms with Gasteiger partial charge >= 0.3 is 0 Å². The number of hydrogen-bond donors (Lipinski definition) is 2. The Kier molecular flexibility index (Phi) is 4.31. The minimum atomic E-state index is -0.503. The number of anilines is 1. The summed E-state index contributed by atoms with van der Waals surface area (Å²) in [6.07, 6.45) is 1.68. The van der Waals surface area contributed by atoms with Crippen molar-refractivity contribution < 1.29 is 9.53 Å². The lowest BCUT2D eigenvalue weighted by Gasteiger charge is -2.23. The Morgan fingerprint density at radius 3 is 2.82 bits per heavy atom. The lowest BCUT2D eigenvalue weighted by Crippen LogP contribution is -2.39. The Hall–Kier alpha value is -1.78. The third-order valence-electron chi connectivity index (χ3n) is 2.53. The van der Waals surface area contributed by atoms with Crippen LogP contribution >= 0.6 is 0 Å². The van der Waals surface area contributed by atoms with E-state index in [2.05, 4.69) is 15.6 Å². The van der Waals surface area contributed by atoms with Crippen molar-refractivity contribution in [2.75, 3.05) is 26.0 Å². The Balaban J connectivity index is 2.70. The molecule has 5 heteroatoms. The fraction of sp³-hybridized carbons (Fsp3) is 0.500. The van der Waals surface area contributed by atoms with Gasteiger partial charge in [-0.25, -0.2) is 4.98 Å². The molecule has 0 unspecified atom stereocenters. The van der Waals surface area contributed by atoms with Crippen molar-refractivity contribution in [3.8, 4) is 5.75 Å². The maximum Gasteiger partial charge on any atom is 0.227 e. The van der Waals surface area contributed by atoms with Crippen LogP contribution in [0.1, 0.15) is 13.8 Å². The predicted molar refractivity (Wildman–Crippen MR) is 67.1 cm³/mol. The second-order valence-electron chi connectivity index (χ2n) is 4.37. The van der Waals surface area contributed by atoms with Crippen LogP contribution in [0.3, 0.4) is 0 Å². The van der Waals surface area contributed by atoms with Gasteiger partial charge in [-0.05, 0) is 26.0 Å². The van der Waals surface area contributed by atoms with E-state index in [0.29, 0.717) is 18.1 Å². The van der Waals surface area contributed by atoms with Gasteiger partial charge in [0.15, 0.2) is 11.6 Å². The van der Waals surface area contributed by atoms with Crippen LogP contribution < -0.4 is 15.4 Å². The summed E-state index contributed by atoms with van der Waals surface area (Å²) in [5, 5.41) is 5.76. The molecule has 0 aromatic carbocycles. The highest BCUT2D eigenvalue weighted by atomic mass is 16.5. The summed E-state index contributed by atoms with van der Waals surface area (Å²) in [7, 11) is 3.22. The second kappa shape index (κ2) is 5.52. The highest BCUT2D eigenvalue weighted by molar-refractivity contribution is 5.82. The van der Waals surface area contributed by atoms with E-state index in [1.807, 2.05) is 19.9 Å². The van der Waals surface area contributed by atoms with Gasteiger partial charge in [-0.3, -0.25) is 4.79 Å². The van der Waals surface area contributed by atoms with Gasteiger partial charge in [-0.1, -0.05) is 0 Å². The van der Waals surface area contributed by atoms with Crippen LogP contribution in [-0.4, -0.2) is 31.6 Å². The van der Waals surface area contributed by atoms with Crippen molar-refractivity contribution in [3.05, 3.63) is 18.3 Å². The third kappa shape index (κ3) is 3.34. The zero-order chi connectivity index (χ0) is 12.9. The molecule has 0 radical (unpaired) electrons. The van der Waals surface area contributed by atoms with Gasteiger partial charge in [-0.15, -0.1) is 0 Å². The first-order valence-corrected chi connectivity index (χ1v) is 5.46. The Morgan fingerprint density at radius 2 is 2.24 bits per heavy atom. The van der Waals surface area contributed by atoms with E-state index in [1.165, 1.54) is 0 Å². The van der Waals surface area contributed by atoms with Gasteiger partial charge in [0.2, 0.25) is 5.91 Å². The molecule has 5 nitrogen and oxygen atoms in total. The quantitative estimate of drug-likeness (QED) is 0.809. The molecule has 0 aliphatic rings.